The number of hydrogen-bond acceptors (Lipinski definition) is 2. The fourth-order valence-corrected chi connectivity index (χ4v) is 2.05. The van der Waals surface area contributed by atoms with E-state index < -0.39 is 24.4 Å². The number of carbonyl (C=O) groups is 1. The van der Waals surface area contributed by atoms with E-state index in [1.807, 2.05) is 0 Å². The topological polar surface area (TPSA) is 38.1 Å². The van der Waals surface area contributed by atoms with Crippen LogP contribution in [0.4, 0.5) is 17.6 Å². The normalized spacial score (nSPS) is 11.5. The molecule has 4 nitrogen and oxygen atoms in total. The average Bonchev–Trinajstić information content (AvgIpc) is 2.84. The van der Waals surface area contributed by atoms with Gasteiger partial charge in [0.1, 0.15) is 18.9 Å². The van der Waals surface area contributed by atoms with Crippen LogP contribution in [0.15, 0.2) is 36.7 Å². The second-order valence-corrected chi connectivity index (χ2v) is 5.21. The van der Waals surface area contributed by atoms with Gasteiger partial charge in [0.25, 0.3) is 0 Å². The first-order chi connectivity index (χ1) is 10.7. The molecule has 0 spiro atoms. The third kappa shape index (κ3) is 5.39. The van der Waals surface area contributed by atoms with Gasteiger partial charge in [-0.2, -0.15) is 18.3 Å². The predicted molar refractivity (Wildman–Crippen MR) is 74.8 cm³/mol. The Kier molecular flexibility index (Phi) is 5.02. The highest BCUT2D eigenvalue weighted by Gasteiger charge is 2.33. The van der Waals surface area contributed by atoms with Gasteiger partial charge in [-0.25, -0.2) is 4.39 Å². The molecule has 8 heteroatoms. The molecule has 0 unspecified atom stereocenters. The van der Waals surface area contributed by atoms with Crippen LogP contribution in [-0.4, -0.2) is 33.3 Å². The number of aromatic nitrogens is 2. The van der Waals surface area contributed by atoms with E-state index >= 15 is 0 Å². The van der Waals surface area contributed by atoms with Crippen molar-refractivity contribution in [3.8, 4) is 0 Å². The number of carbonyl (C=O) groups excluding carboxylic acids is 1. The Morgan fingerprint density at radius 3 is 2.43 bits per heavy atom. The van der Waals surface area contributed by atoms with Crippen LogP contribution in [-0.2, 0) is 17.9 Å². The smallest absolute Gasteiger partial charge is 0.328 e. The van der Waals surface area contributed by atoms with Crippen LogP contribution >= 0.6 is 0 Å². The highest BCUT2D eigenvalue weighted by Crippen LogP contribution is 2.19. The Bertz CT molecular complexity index is 664. The monoisotopic (exact) mass is 329 g/mol. The molecule has 1 aromatic heterocycles. The van der Waals surface area contributed by atoms with Crippen molar-refractivity contribution in [3.05, 3.63) is 53.6 Å². The van der Waals surface area contributed by atoms with E-state index in [0.717, 1.165) is 17.7 Å². The molecule has 0 saturated heterocycles. The average molecular weight is 329 g/mol. The molecule has 0 radical (unpaired) electrons. The summed E-state index contributed by atoms with van der Waals surface area (Å²) in [5.74, 6) is -1.20. The van der Waals surface area contributed by atoms with E-state index in [1.54, 1.807) is 13.1 Å². The standard InChI is InChI=1S/C15H15F4N3O/c1-11-6-20-22(7-11)9-14(23)21(10-15(17,18)19)8-12-2-4-13(16)5-3-12/h2-7H,8-10H2,1H3. The molecule has 124 valence electrons. The van der Waals surface area contributed by atoms with Crippen molar-refractivity contribution >= 4 is 5.91 Å². The maximum absolute atomic E-state index is 12.9. The molecule has 0 aliphatic rings. The summed E-state index contributed by atoms with van der Waals surface area (Å²) in [5, 5.41) is 3.89. The Morgan fingerprint density at radius 1 is 1.26 bits per heavy atom. The largest absolute Gasteiger partial charge is 0.406 e. The number of aryl methyl sites for hydroxylation is 1. The van der Waals surface area contributed by atoms with Gasteiger partial charge in [-0.1, -0.05) is 12.1 Å². The minimum atomic E-state index is -4.52. The van der Waals surface area contributed by atoms with Gasteiger partial charge in [0.2, 0.25) is 5.91 Å². The zero-order valence-electron chi connectivity index (χ0n) is 12.3. The van der Waals surface area contributed by atoms with Crippen LogP contribution in [0.3, 0.4) is 0 Å². The van der Waals surface area contributed by atoms with Gasteiger partial charge in [-0.15, -0.1) is 0 Å². The molecular weight excluding hydrogens is 314 g/mol. The van der Waals surface area contributed by atoms with Gasteiger partial charge in [-0.3, -0.25) is 9.48 Å². The van der Waals surface area contributed by atoms with Gasteiger partial charge in [0, 0.05) is 12.7 Å². The zero-order chi connectivity index (χ0) is 17.0. The van der Waals surface area contributed by atoms with Crippen LogP contribution in [0.25, 0.3) is 0 Å². The number of hydrogen-bond donors (Lipinski definition) is 0. The molecule has 0 saturated carbocycles. The highest BCUT2D eigenvalue weighted by atomic mass is 19.4. The van der Waals surface area contributed by atoms with E-state index in [2.05, 4.69) is 5.10 Å². The van der Waals surface area contributed by atoms with Gasteiger partial charge in [0.15, 0.2) is 0 Å². The van der Waals surface area contributed by atoms with Crippen molar-refractivity contribution in [2.24, 2.45) is 0 Å². The summed E-state index contributed by atoms with van der Waals surface area (Å²) in [6, 6.07) is 4.99. The van der Waals surface area contributed by atoms with E-state index in [9.17, 15) is 22.4 Å². The molecule has 0 aliphatic heterocycles. The van der Waals surface area contributed by atoms with Crippen molar-refractivity contribution in [1.82, 2.24) is 14.7 Å². The second kappa shape index (κ2) is 6.80. The SMILES string of the molecule is Cc1cnn(CC(=O)N(Cc2ccc(F)cc2)CC(F)(F)F)c1. The van der Waals surface area contributed by atoms with Gasteiger partial charge in [-0.05, 0) is 30.2 Å². The van der Waals surface area contributed by atoms with Crippen LogP contribution in [0.1, 0.15) is 11.1 Å². The fraction of sp³-hybridized carbons (Fsp3) is 0.333. The lowest BCUT2D eigenvalue weighted by atomic mass is 10.2. The molecule has 2 rings (SSSR count). The molecule has 0 aliphatic carbocycles. The Morgan fingerprint density at radius 2 is 1.91 bits per heavy atom. The van der Waals surface area contributed by atoms with Crippen molar-refractivity contribution in [3.63, 3.8) is 0 Å². The minimum Gasteiger partial charge on any atom is -0.328 e. The van der Waals surface area contributed by atoms with Crippen LogP contribution < -0.4 is 0 Å². The first-order valence-corrected chi connectivity index (χ1v) is 6.81. The first-order valence-electron chi connectivity index (χ1n) is 6.81. The number of rotatable bonds is 5. The van der Waals surface area contributed by atoms with Crippen molar-refractivity contribution in [2.45, 2.75) is 26.2 Å². The van der Waals surface area contributed by atoms with E-state index in [0.29, 0.717) is 10.5 Å². The minimum absolute atomic E-state index is 0.251. The molecule has 1 heterocycles. The van der Waals surface area contributed by atoms with Crippen molar-refractivity contribution in [1.29, 1.82) is 0 Å². The summed E-state index contributed by atoms with van der Waals surface area (Å²) >= 11 is 0. The fourth-order valence-electron chi connectivity index (χ4n) is 2.05. The Labute approximate surface area is 130 Å². The third-order valence-electron chi connectivity index (χ3n) is 3.07. The van der Waals surface area contributed by atoms with Gasteiger partial charge in [0.05, 0.1) is 6.20 Å². The molecule has 0 atom stereocenters. The van der Waals surface area contributed by atoms with Crippen molar-refractivity contribution < 1.29 is 22.4 Å². The molecule has 0 bridgehead atoms. The van der Waals surface area contributed by atoms with Crippen LogP contribution in [0.2, 0.25) is 0 Å². The summed E-state index contributed by atoms with van der Waals surface area (Å²) in [6.07, 6.45) is -1.43. The van der Waals surface area contributed by atoms with Gasteiger partial charge >= 0.3 is 6.18 Å². The number of nitrogens with zero attached hydrogens (tertiary/aromatic N) is 3. The van der Waals surface area contributed by atoms with Crippen molar-refractivity contribution in [2.75, 3.05) is 6.54 Å². The molecule has 0 N–H and O–H groups in total. The number of benzene rings is 1. The molecule has 2 aromatic rings. The van der Waals surface area contributed by atoms with E-state index in [1.165, 1.54) is 23.0 Å². The van der Waals surface area contributed by atoms with E-state index in [4.69, 9.17) is 0 Å². The predicted octanol–water partition coefficient (Wildman–Crippen LogP) is 2.92. The lowest BCUT2D eigenvalue weighted by Gasteiger charge is -2.24. The number of halogens is 4. The molecule has 23 heavy (non-hydrogen) atoms. The zero-order valence-corrected chi connectivity index (χ0v) is 12.3. The first kappa shape index (κ1) is 17.0. The molecule has 1 aromatic carbocycles. The maximum Gasteiger partial charge on any atom is 0.406 e. The highest BCUT2D eigenvalue weighted by molar-refractivity contribution is 5.76. The molecular formula is C15H15F4N3O. The maximum atomic E-state index is 12.9. The van der Waals surface area contributed by atoms with Crippen LogP contribution in [0, 0.1) is 12.7 Å². The number of amides is 1. The summed E-state index contributed by atoms with van der Waals surface area (Å²) in [5.41, 5.74) is 1.22. The number of alkyl halides is 3. The lowest BCUT2D eigenvalue weighted by molar-refractivity contribution is -0.162. The summed E-state index contributed by atoms with van der Waals surface area (Å²) in [4.78, 5) is 12.8. The second-order valence-electron chi connectivity index (χ2n) is 5.21. The summed E-state index contributed by atoms with van der Waals surface area (Å²) in [6.45, 7) is -0.145. The molecule has 0 fully saturated rings. The Balaban J connectivity index is 2.12. The van der Waals surface area contributed by atoms with E-state index in [-0.39, 0.29) is 13.1 Å². The summed E-state index contributed by atoms with van der Waals surface area (Å²) in [7, 11) is 0. The van der Waals surface area contributed by atoms with Gasteiger partial charge < -0.3 is 4.90 Å². The Hall–Kier alpha value is -2.38. The lowest BCUT2D eigenvalue weighted by Crippen LogP contribution is -2.40. The summed E-state index contributed by atoms with van der Waals surface area (Å²) < 4.78 is 52.3. The van der Waals surface area contributed by atoms with Crippen LogP contribution in [0.5, 0.6) is 0 Å². The third-order valence-corrected chi connectivity index (χ3v) is 3.07. The quantitative estimate of drug-likeness (QED) is 0.791. The molecule has 1 amide bonds.